The summed E-state index contributed by atoms with van der Waals surface area (Å²) in [4.78, 5) is 16.0. The number of aromatic nitrogens is 2. The molecule has 0 aliphatic carbocycles. The van der Waals surface area contributed by atoms with E-state index in [4.69, 9.17) is 9.47 Å². The number of methoxy groups -OCH3 is 2. The molecule has 1 aliphatic heterocycles. The van der Waals surface area contributed by atoms with E-state index in [0.29, 0.717) is 24.5 Å². The summed E-state index contributed by atoms with van der Waals surface area (Å²) in [6, 6.07) is 9.87. The van der Waals surface area contributed by atoms with Gasteiger partial charge >= 0.3 is 0 Å². The van der Waals surface area contributed by atoms with E-state index in [1.807, 2.05) is 47.7 Å². The first kappa shape index (κ1) is 17.6. The molecule has 2 aromatic heterocycles. The monoisotopic (exact) mass is 383 g/mol. The molecule has 7 heteroatoms. The van der Waals surface area contributed by atoms with E-state index >= 15 is 0 Å². The summed E-state index contributed by atoms with van der Waals surface area (Å²) in [6.45, 7) is 1.20. The molecule has 1 amide bonds. The lowest BCUT2D eigenvalue weighted by atomic mass is 9.98. The molecule has 140 valence electrons. The van der Waals surface area contributed by atoms with E-state index in [2.05, 4.69) is 5.10 Å². The first-order valence-corrected chi connectivity index (χ1v) is 9.59. The highest BCUT2D eigenvalue weighted by molar-refractivity contribution is 7.13. The number of thiophene rings is 1. The van der Waals surface area contributed by atoms with E-state index in [1.54, 1.807) is 30.2 Å². The summed E-state index contributed by atoms with van der Waals surface area (Å²) in [6.07, 6.45) is 0.784. The third-order valence-corrected chi connectivity index (χ3v) is 5.77. The van der Waals surface area contributed by atoms with Crippen LogP contribution in [0.4, 0.5) is 0 Å². The molecule has 0 bridgehead atoms. The largest absolute Gasteiger partial charge is 0.493 e. The van der Waals surface area contributed by atoms with Crippen LogP contribution in [0.15, 0.2) is 35.7 Å². The van der Waals surface area contributed by atoms with Gasteiger partial charge in [-0.2, -0.15) is 5.10 Å². The van der Waals surface area contributed by atoms with Crippen LogP contribution in [0.1, 0.15) is 21.6 Å². The number of carbonyl (C=O) groups is 1. The van der Waals surface area contributed by atoms with Crippen molar-refractivity contribution < 1.29 is 14.3 Å². The number of benzene rings is 1. The minimum atomic E-state index is -0.0474. The summed E-state index contributed by atoms with van der Waals surface area (Å²) in [5, 5.41) is 6.47. The van der Waals surface area contributed by atoms with Crippen LogP contribution in [0, 0.1) is 0 Å². The molecule has 0 saturated heterocycles. The molecule has 3 aromatic rings. The molecule has 4 rings (SSSR count). The van der Waals surface area contributed by atoms with Crippen LogP contribution in [0.5, 0.6) is 11.5 Å². The first-order chi connectivity index (χ1) is 13.1. The predicted octanol–water partition coefficient (Wildman–Crippen LogP) is 3.36. The molecule has 27 heavy (non-hydrogen) atoms. The van der Waals surface area contributed by atoms with Gasteiger partial charge in [0.1, 0.15) is 0 Å². The predicted molar refractivity (Wildman–Crippen MR) is 105 cm³/mol. The molecule has 1 aliphatic rings. The zero-order chi connectivity index (χ0) is 19.0. The number of hydrogen-bond donors (Lipinski definition) is 0. The van der Waals surface area contributed by atoms with Crippen LogP contribution >= 0.6 is 11.3 Å². The fourth-order valence-electron chi connectivity index (χ4n) is 3.45. The van der Waals surface area contributed by atoms with E-state index in [0.717, 1.165) is 28.3 Å². The molecule has 0 fully saturated rings. The topological polar surface area (TPSA) is 56.6 Å². The van der Waals surface area contributed by atoms with Crippen molar-refractivity contribution >= 4 is 17.2 Å². The van der Waals surface area contributed by atoms with Crippen LogP contribution in [-0.2, 0) is 20.0 Å². The summed E-state index contributed by atoms with van der Waals surface area (Å²) >= 11 is 1.64. The number of ether oxygens (including phenoxy) is 2. The fourth-order valence-corrected chi connectivity index (χ4v) is 4.22. The summed E-state index contributed by atoms with van der Waals surface area (Å²) in [7, 11) is 5.12. The van der Waals surface area contributed by atoms with Crippen molar-refractivity contribution in [2.24, 2.45) is 7.05 Å². The van der Waals surface area contributed by atoms with Crippen molar-refractivity contribution in [3.05, 3.63) is 52.5 Å². The molecule has 6 nitrogen and oxygen atoms in total. The van der Waals surface area contributed by atoms with Gasteiger partial charge in [0.05, 0.1) is 24.8 Å². The third-order valence-electron chi connectivity index (χ3n) is 4.88. The Morgan fingerprint density at radius 1 is 1.15 bits per heavy atom. The van der Waals surface area contributed by atoms with Crippen LogP contribution in [-0.4, -0.2) is 41.4 Å². The van der Waals surface area contributed by atoms with E-state index < -0.39 is 0 Å². The van der Waals surface area contributed by atoms with Gasteiger partial charge in [-0.25, -0.2) is 0 Å². The van der Waals surface area contributed by atoms with Crippen molar-refractivity contribution in [3.63, 3.8) is 0 Å². The Morgan fingerprint density at radius 3 is 2.56 bits per heavy atom. The van der Waals surface area contributed by atoms with E-state index in [1.165, 1.54) is 5.56 Å². The normalized spacial score (nSPS) is 13.4. The molecule has 3 heterocycles. The number of aryl methyl sites for hydroxylation is 1. The van der Waals surface area contributed by atoms with Gasteiger partial charge in [0.15, 0.2) is 17.2 Å². The van der Waals surface area contributed by atoms with Crippen molar-refractivity contribution in [2.75, 3.05) is 20.8 Å². The van der Waals surface area contributed by atoms with Crippen molar-refractivity contribution in [1.29, 1.82) is 0 Å². The number of rotatable bonds is 4. The van der Waals surface area contributed by atoms with Gasteiger partial charge in [-0.15, -0.1) is 11.3 Å². The molecule has 1 aromatic carbocycles. The highest BCUT2D eigenvalue weighted by Gasteiger charge is 2.26. The minimum absolute atomic E-state index is 0.0474. The van der Waals surface area contributed by atoms with Gasteiger partial charge < -0.3 is 14.4 Å². The van der Waals surface area contributed by atoms with Gasteiger partial charge in [0, 0.05) is 20.1 Å². The zero-order valence-corrected chi connectivity index (χ0v) is 16.4. The molecule has 0 atom stereocenters. The summed E-state index contributed by atoms with van der Waals surface area (Å²) in [5.74, 6) is 1.36. The molecular weight excluding hydrogens is 362 g/mol. The van der Waals surface area contributed by atoms with Gasteiger partial charge in [-0.1, -0.05) is 6.07 Å². The number of amides is 1. The average molecular weight is 383 g/mol. The maximum Gasteiger partial charge on any atom is 0.274 e. The maximum absolute atomic E-state index is 13.0. The molecular formula is C20H21N3O3S. The first-order valence-electron chi connectivity index (χ1n) is 8.71. The Bertz CT molecular complexity index is 979. The van der Waals surface area contributed by atoms with Gasteiger partial charge in [-0.3, -0.25) is 9.48 Å². The number of carbonyl (C=O) groups excluding carboxylic acids is 1. The van der Waals surface area contributed by atoms with Crippen LogP contribution in [0.3, 0.4) is 0 Å². The second-order valence-electron chi connectivity index (χ2n) is 6.47. The van der Waals surface area contributed by atoms with Crippen molar-refractivity contribution in [1.82, 2.24) is 14.7 Å². The zero-order valence-electron chi connectivity index (χ0n) is 15.6. The van der Waals surface area contributed by atoms with Crippen LogP contribution in [0.25, 0.3) is 10.6 Å². The molecule has 0 unspecified atom stereocenters. The lowest BCUT2D eigenvalue weighted by molar-refractivity contribution is 0.0727. The highest BCUT2D eigenvalue weighted by atomic mass is 32.1. The second kappa shape index (κ2) is 7.08. The van der Waals surface area contributed by atoms with Crippen LogP contribution in [0.2, 0.25) is 0 Å². The molecule has 0 radical (unpaired) electrons. The quantitative estimate of drug-likeness (QED) is 0.693. The third kappa shape index (κ3) is 3.19. The SMILES string of the molecule is COc1cc2c(cc1OC)CN(C(=O)c1cc(-c3cccs3)n(C)n1)CC2. The average Bonchev–Trinajstić information content (AvgIpc) is 3.35. The smallest absolute Gasteiger partial charge is 0.274 e. The number of nitrogens with zero attached hydrogens (tertiary/aromatic N) is 3. The van der Waals surface area contributed by atoms with Gasteiger partial charge in [0.2, 0.25) is 0 Å². The maximum atomic E-state index is 13.0. The Hall–Kier alpha value is -2.80. The fraction of sp³-hybridized carbons (Fsp3) is 0.300. The Kier molecular flexibility index (Phi) is 4.61. The summed E-state index contributed by atoms with van der Waals surface area (Å²) in [5.41, 5.74) is 3.71. The number of fused-ring (bicyclic) bond motifs is 1. The van der Waals surface area contributed by atoms with Crippen molar-refractivity contribution in [3.8, 4) is 22.1 Å². The minimum Gasteiger partial charge on any atom is -0.493 e. The second-order valence-corrected chi connectivity index (χ2v) is 7.42. The lowest BCUT2D eigenvalue weighted by Gasteiger charge is -2.29. The standard InChI is InChI=1S/C20H21N3O3S/c1-22-16(19-5-4-8-27-19)11-15(21-22)20(24)23-7-6-13-9-17(25-2)18(26-3)10-14(13)12-23/h4-5,8-11H,6-7,12H2,1-3H3. The van der Waals surface area contributed by atoms with Crippen molar-refractivity contribution in [2.45, 2.75) is 13.0 Å². The Morgan fingerprint density at radius 2 is 1.89 bits per heavy atom. The van der Waals surface area contributed by atoms with E-state index in [-0.39, 0.29) is 5.91 Å². The Balaban J connectivity index is 1.59. The molecule has 0 spiro atoms. The Labute approximate surface area is 161 Å². The molecule has 0 saturated carbocycles. The number of hydrogen-bond acceptors (Lipinski definition) is 5. The molecule has 0 N–H and O–H groups in total. The highest BCUT2D eigenvalue weighted by Crippen LogP contribution is 2.33. The van der Waals surface area contributed by atoms with Gasteiger partial charge in [-0.05, 0) is 47.2 Å². The summed E-state index contributed by atoms with van der Waals surface area (Å²) < 4.78 is 12.5. The van der Waals surface area contributed by atoms with E-state index in [9.17, 15) is 4.79 Å². The van der Waals surface area contributed by atoms with Crippen LogP contribution < -0.4 is 9.47 Å². The van der Waals surface area contributed by atoms with Gasteiger partial charge in [0.25, 0.3) is 5.91 Å². The lowest BCUT2D eigenvalue weighted by Crippen LogP contribution is -2.36.